The Hall–Kier alpha value is -0.670. The topological polar surface area (TPSA) is 136 Å². The molecule has 7 atom stereocenters. The van der Waals surface area contributed by atoms with Gasteiger partial charge in [-0.1, -0.05) is 0 Å². The first-order valence-electron chi connectivity index (χ1n) is 10.3. The summed E-state index contributed by atoms with van der Waals surface area (Å²) in [4.78, 5) is 23.8. The summed E-state index contributed by atoms with van der Waals surface area (Å²) >= 11 is 3.27. The SMILES string of the molecule is O=C1OC2C(OC3SC4(SC32)C2CC3CC4CC(OC(=O)C(F)(F)S(=O)(=O)O)(C3)C2)C1O. The maximum Gasteiger partial charge on any atom is 0.465 e. The Morgan fingerprint density at radius 3 is 2.44 bits per heavy atom. The summed E-state index contributed by atoms with van der Waals surface area (Å²) in [5, 5.41) is 4.80. The number of alkyl halides is 2. The first kappa shape index (κ1) is 21.8. The molecule has 9 nitrogen and oxygen atoms in total. The van der Waals surface area contributed by atoms with Crippen molar-refractivity contribution >= 4 is 45.6 Å². The third-order valence-corrected chi connectivity index (χ3v) is 12.8. The molecule has 14 heteroatoms. The Morgan fingerprint density at radius 1 is 1.16 bits per heavy atom. The molecular weight excluding hydrogens is 494 g/mol. The highest BCUT2D eigenvalue weighted by Gasteiger charge is 2.72. The van der Waals surface area contributed by atoms with Crippen LogP contribution in [0.5, 0.6) is 0 Å². The average molecular weight is 515 g/mol. The molecule has 1 spiro atoms. The lowest BCUT2D eigenvalue weighted by atomic mass is 9.53. The number of aliphatic hydroxyl groups excluding tert-OH is 1. The van der Waals surface area contributed by atoms with E-state index in [0.717, 1.165) is 12.8 Å². The van der Waals surface area contributed by atoms with Crippen LogP contribution in [0.15, 0.2) is 0 Å². The summed E-state index contributed by atoms with van der Waals surface area (Å²) in [6.07, 6.45) is 0.107. The molecule has 7 unspecified atom stereocenters. The van der Waals surface area contributed by atoms with Gasteiger partial charge in [0.25, 0.3) is 0 Å². The Balaban J connectivity index is 1.24. The minimum atomic E-state index is -5.93. The van der Waals surface area contributed by atoms with E-state index in [2.05, 4.69) is 0 Å². The predicted molar refractivity (Wildman–Crippen MR) is 105 cm³/mol. The van der Waals surface area contributed by atoms with E-state index in [-0.39, 0.29) is 32.5 Å². The fourth-order valence-electron chi connectivity index (χ4n) is 6.74. The molecule has 178 valence electrons. The normalized spacial score (nSPS) is 51.1. The fraction of sp³-hybridized carbons (Fsp3) is 0.889. The van der Waals surface area contributed by atoms with Crippen molar-refractivity contribution in [1.82, 2.24) is 0 Å². The average Bonchev–Trinajstić information content (AvgIpc) is 3.28. The smallest absolute Gasteiger partial charge is 0.456 e. The number of hydrogen-bond acceptors (Lipinski definition) is 10. The number of carbonyl (C=O) groups is 2. The highest BCUT2D eigenvalue weighted by molar-refractivity contribution is 8.22. The zero-order chi connectivity index (χ0) is 22.8. The third kappa shape index (κ3) is 2.76. The van der Waals surface area contributed by atoms with Crippen molar-refractivity contribution in [2.24, 2.45) is 17.8 Å². The molecule has 7 rings (SSSR count). The van der Waals surface area contributed by atoms with Gasteiger partial charge in [0.2, 0.25) is 0 Å². The molecule has 7 aliphatic rings. The van der Waals surface area contributed by atoms with Crippen LogP contribution in [0.4, 0.5) is 8.78 Å². The number of halogens is 2. The maximum absolute atomic E-state index is 13.8. The summed E-state index contributed by atoms with van der Waals surface area (Å²) in [6, 6.07) is 0. The van der Waals surface area contributed by atoms with E-state index in [1.54, 1.807) is 23.5 Å². The van der Waals surface area contributed by atoms with E-state index in [4.69, 9.17) is 18.8 Å². The lowest BCUT2D eigenvalue weighted by molar-refractivity contribution is -0.202. The van der Waals surface area contributed by atoms with Crippen molar-refractivity contribution in [3.05, 3.63) is 0 Å². The molecular formula is C18H20F2O9S3. The van der Waals surface area contributed by atoms with Crippen molar-refractivity contribution in [1.29, 1.82) is 0 Å². The molecule has 0 aromatic carbocycles. The first-order valence-corrected chi connectivity index (χ1v) is 13.5. The summed E-state index contributed by atoms with van der Waals surface area (Å²) in [5.41, 5.74) is -1.47. The molecule has 3 saturated heterocycles. The molecule has 4 bridgehead atoms. The zero-order valence-corrected chi connectivity index (χ0v) is 18.8. The number of carbonyl (C=O) groups excluding carboxylic acids is 2. The summed E-state index contributed by atoms with van der Waals surface area (Å²) in [7, 11) is -5.93. The van der Waals surface area contributed by atoms with Crippen LogP contribution in [0.1, 0.15) is 32.1 Å². The van der Waals surface area contributed by atoms with Crippen molar-refractivity contribution in [3.8, 4) is 0 Å². The van der Waals surface area contributed by atoms with Gasteiger partial charge in [0.15, 0.2) is 6.10 Å². The van der Waals surface area contributed by atoms with Gasteiger partial charge in [-0.15, -0.1) is 23.5 Å². The van der Waals surface area contributed by atoms with Crippen LogP contribution in [-0.4, -0.2) is 73.9 Å². The lowest BCUT2D eigenvalue weighted by Crippen LogP contribution is -2.62. The Kier molecular flexibility index (Phi) is 4.44. The highest BCUT2D eigenvalue weighted by atomic mass is 32.2. The summed E-state index contributed by atoms with van der Waals surface area (Å²) in [6.45, 7) is 0. The second kappa shape index (κ2) is 6.51. The van der Waals surface area contributed by atoms with Gasteiger partial charge >= 0.3 is 27.3 Å². The minimum absolute atomic E-state index is 0.00517. The van der Waals surface area contributed by atoms with Crippen LogP contribution in [0.25, 0.3) is 0 Å². The molecule has 0 aromatic heterocycles. The van der Waals surface area contributed by atoms with E-state index < -0.39 is 51.2 Å². The largest absolute Gasteiger partial charge is 0.465 e. The fourth-order valence-corrected chi connectivity index (χ4v) is 11.4. The number of aliphatic hydroxyl groups is 1. The Labute approximate surface area is 190 Å². The van der Waals surface area contributed by atoms with Crippen molar-refractivity contribution < 1.29 is 50.7 Å². The second-order valence-corrected chi connectivity index (χ2v) is 14.2. The molecule has 4 aliphatic carbocycles. The molecule has 3 heterocycles. The number of hydrogen-bond donors (Lipinski definition) is 2. The van der Waals surface area contributed by atoms with Gasteiger partial charge in [0.1, 0.15) is 23.2 Å². The standard InChI is InChI=1S/C18H20F2O9S3/c19-18(20,32(24,25)26)15(23)29-16-3-6-1-7(4-16)17(8(2-6)5-16)30-12-11-10(28-14(12)31-17)9(21)13(22)27-11/h6-12,14,21H,1-5H2,(H,24,25,26). The van der Waals surface area contributed by atoms with Gasteiger partial charge in [-0.2, -0.15) is 17.2 Å². The van der Waals surface area contributed by atoms with E-state index in [0.29, 0.717) is 19.3 Å². The van der Waals surface area contributed by atoms with Crippen LogP contribution in [-0.2, 0) is 33.9 Å². The maximum atomic E-state index is 13.8. The molecule has 3 aliphatic heterocycles. The summed E-state index contributed by atoms with van der Waals surface area (Å²) in [5.74, 6) is -2.76. The third-order valence-electron chi connectivity index (χ3n) is 7.77. The van der Waals surface area contributed by atoms with Crippen LogP contribution in [0, 0.1) is 17.8 Å². The highest BCUT2D eigenvalue weighted by Crippen LogP contribution is 2.74. The van der Waals surface area contributed by atoms with Gasteiger partial charge in [-0.25, -0.2) is 9.59 Å². The number of rotatable bonds is 3. The van der Waals surface area contributed by atoms with Gasteiger partial charge in [0, 0.05) is 0 Å². The minimum Gasteiger partial charge on any atom is -0.456 e. The molecule has 0 aromatic rings. The van der Waals surface area contributed by atoms with E-state index in [1.807, 2.05) is 0 Å². The molecule has 32 heavy (non-hydrogen) atoms. The van der Waals surface area contributed by atoms with Gasteiger partial charge in [0.05, 0.1) is 9.33 Å². The van der Waals surface area contributed by atoms with E-state index in [9.17, 15) is 31.9 Å². The van der Waals surface area contributed by atoms with E-state index in [1.165, 1.54) is 0 Å². The number of thioether (sulfide) groups is 2. The van der Waals surface area contributed by atoms with Gasteiger partial charge in [-0.3, -0.25) is 4.55 Å². The lowest BCUT2D eigenvalue weighted by Gasteiger charge is -2.63. The second-order valence-electron chi connectivity index (χ2n) is 9.65. The number of esters is 2. The van der Waals surface area contributed by atoms with Crippen LogP contribution in [0.3, 0.4) is 0 Å². The predicted octanol–water partition coefficient (Wildman–Crippen LogP) is 1.15. The van der Waals surface area contributed by atoms with Crippen molar-refractivity contribution in [2.45, 2.75) is 76.0 Å². The quantitative estimate of drug-likeness (QED) is 0.414. The first-order chi connectivity index (χ1) is 14.9. The van der Waals surface area contributed by atoms with Gasteiger partial charge < -0.3 is 19.3 Å². The molecule has 4 saturated carbocycles. The Morgan fingerprint density at radius 2 is 1.81 bits per heavy atom. The van der Waals surface area contributed by atoms with Crippen LogP contribution >= 0.6 is 23.5 Å². The van der Waals surface area contributed by atoms with Crippen LogP contribution < -0.4 is 0 Å². The molecule has 2 N–H and O–H groups in total. The van der Waals surface area contributed by atoms with Crippen molar-refractivity contribution in [3.63, 3.8) is 0 Å². The summed E-state index contributed by atoms with van der Waals surface area (Å²) < 4.78 is 74.5. The van der Waals surface area contributed by atoms with Gasteiger partial charge in [-0.05, 0) is 49.9 Å². The van der Waals surface area contributed by atoms with Crippen LogP contribution in [0.2, 0.25) is 0 Å². The number of fused-ring (bicyclic) bond motifs is 3. The van der Waals surface area contributed by atoms with Crippen molar-refractivity contribution in [2.75, 3.05) is 0 Å². The van der Waals surface area contributed by atoms with E-state index >= 15 is 0 Å². The monoisotopic (exact) mass is 514 g/mol. The molecule has 7 fully saturated rings. The Bertz CT molecular complexity index is 988. The number of ether oxygens (including phenoxy) is 3. The molecule has 0 radical (unpaired) electrons. The zero-order valence-electron chi connectivity index (χ0n) is 16.4. The molecule has 0 amide bonds.